The number of hydrogen-bond donors (Lipinski definition) is 1. The zero-order valence-corrected chi connectivity index (χ0v) is 23.2. The number of amides is 2. The quantitative estimate of drug-likeness (QED) is 0.458. The van der Waals surface area contributed by atoms with E-state index < -0.39 is 28.5 Å². The standard InChI is InChI=1S/C24H31BrClN3O4S/c1-16(2)13-27-24(31)18(4)28(14-19-7-6-8-20(25)11-19)23(30)15-29(34(5,32)33)22-12-21(26)10-9-17(22)3/h6-12,16,18H,13-15H2,1-5H3,(H,27,31). The number of halogens is 2. The van der Waals surface area contributed by atoms with E-state index in [4.69, 9.17) is 11.6 Å². The smallest absolute Gasteiger partial charge is 0.244 e. The highest BCUT2D eigenvalue weighted by Gasteiger charge is 2.30. The van der Waals surface area contributed by atoms with Gasteiger partial charge >= 0.3 is 0 Å². The van der Waals surface area contributed by atoms with Crippen molar-refractivity contribution < 1.29 is 18.0 Å². The molecule has 0 aliphatic carbocycles. The Labute approximate surface area is 215 Å². The summed E-state index contributed by atoms with van der Waals surface area (Å²) in [4.78, 5) is 27.8. The topological polar surface area (TPSA) is 86.8 Å². The van der Waals surface area contributed by atoms with Crippen LogP contribution in [0.5, 0.6) is 0 Å². The van der Waals surface area contributed by atoms with Gasteiger partial charge in [-0.2, -0.15) is 0 Å². The van der Waals surface area contributed by atoms with Crippen molar-refractivity contribution >= 4 is 55.1 Å². The molecule has 1 N–H and O–H groups in total. The Hall–Kier alpha value is -2.10. The summed E-state index contributed by atoms with van der Waals surface area (Å²) in [6.45, 7) is 7.49. The summed E-state index contributed by atoms with van der Waals surface area (Å²) >= 11 is 9.54. The lowest BCUT2D eigenvalue weighted by molar-refractivity contribution is -0.139. The first-order valence-corrected chi connectivity index (χ1v) is 13.9. The molecule has 186 valence electrons. The Morgan fingerprint density at radius 3 is 2.38 bits per heavy atom. The molecular formula is C24H31BrClN3O4S. The first-order chi connectivity index (χ1) is 15.8. The third-order valence-electron chi connectivity index (χ3n) is 5.21. The highest BCUT2D eigenvalue weighted by atomic mass is 79.9. The number of hydrogen-bond acceptors (Lipinski definition) is 4. The highest BCUT2D eigenvalue weighted by molar-refractivity contribution is 9.10. The summed E-state index contributed by atoms with van der Waals surface area (Å²) in [5.41, 5.74) is 1.78. The maximum Gasteiger partial charge on any atom is 0.244 e. The molecule has 2 aromatic carbocycles. The molecular weight excluding hydrogens is 542 g/mol. The van der Waals surface area contributed by atoms with Crippen LogP contribution in [0.1, 0.15) is 31.9 Å². The molecule has 2 amide bonds. The highest BCUT2D eigenvalue weighted by Crippen LogP contribution is 2.27. The monoisotopic (exact) mass is 571 g/mol. The molecule has 0 spiro atoms. The van der Waals surface area contributed by atoms with Crippen LogP contribution in [0.2, 0.25) is 5.02 Å². The van der Waals surface area contributed by atoms with E-state index in [-0.39, 0.29) is 18.4 Å². The average Bonchev–Trinajstić information content (AvgIpc) is 2.74. The minimum atomic E-state index is -3.81. The number of carbonyl (C=O) groups is 2. The van der Waals surface area contributed by atoms with Crippen molar-refractivity contribution in [1.82, 2.24) is 10.2 Å². The van der Waals surface area contributed by atoms with Gasteiger partial charge in [-0.15, -0.1) is 0 Å². The van der Waals surface area contributed by atoms with E-state index in [0.29, 0.717) is 22.8 Å². The van der Waals surface area contributed by atoms with Gasteiger partial charge in [-0.1, -0.05) is 59.6 Å². The summed E-state index contributed by atoms with van der Waals surface area (Å²) in [5.74, 6) is -0.559. The van der Waals surface area contributed by atoms with Crippen LogP contribution in [0, 0.1) is 12.8 Å². The van der Waals surface area contributed by atoms with Crippen LogP contribution in [-0.2, 0) is 26.2 Å². The van der Waals surface area contributed by atoms with Gasteiger partial charge in [0.05, 0.1) is 11.9 Å². The van der Waals surface area contributed by atoms with Crippen LogP contribution in [-0.4, -0.2) is 50.5 Å². The Kier molecular flexibility index (Phi) is 9.96. The van der Waals surface area contributed by atoms with Gasteiger partial charge in [-0.3, -0.25) is 13.9 Å². The number of carbonyl (C=O) groups excluding carboxylic acids is 2. The SMILES string of the molecule is Cc1ccc(Cl)cc1N(CC(=O)N(Cc1cccc(Br)c1)C(C)C(=O)NCC(C)C)S(C)(=O)=O. The van der Waals surface area contributed by atoms with Crippen molar-refractivity contribution in [2.75, 3.05) is 23.7 Å². The molecule has 0 aliphatic rings. The molecule has 7 nitrogen and oxygen atoms in total. The number of anilines is 1. The fraction of sp³-hybridized carbons (Fsp3) is 0.417. The lowest BCUT2D eigenvalue weighted by Crippen LogP contribution is -2.51. The average molecular weight is 573 g/mol. The van der Waals surface area contributed by atoms with Crippen molar-refractivity contribution in [3.8, 4) is 0 Å². The van der Waals surface area contributed by atoms with E-state index in [1.807, 2.05) is 38.1 Å². The molecule has 0 aromatic heterocycles. The van der Waals surface area contributed by atoms with Crippen LogP contribution < -0.4 is 9.62 Å². The first kappa shape index (κ1) is 28.1. The minimum Gasteiger partial charge on any atom is -0.354 e. The second kappa shape index (κ2) is 12.0. The van der Waals surface area contributed by atoms with Crippen molar-refractivity contribution in [1.29, 1.82) is 0 Å². The largest absolute Gasteiger partial charge is 0.354 e. The van der Waals surface area contributed by atoms with Gasteiger partial charge in [0.15, 0.2) is 0 Å². The lowest BCUT2D eigenvalue weighted by atomic mass is 10.1. The van der Waals surface area contributed by atoms with Gasteiger partial charge < -0.3 is 10.2 Å². The molecule has 34 heavy (non-hydrogen) atoms. The molecule has 0 saturated heterocycles. The predicted octanol–water partition coefficient (Wildman–Crippen LogP) is 4.37. The zero-order valence-electron chi connectivity index (χ0n) is 20.0. The molecule has 0 radical (unpaired) electrons. The van der Waals surface area contributed by atoms with E-state index in [1.54, 1.807) is 26.0 Å². The summed E-state index contributed by atoms with van der Waals surface area (Å²) in [6, 6.07) is 11.5. The number of rotatable bonds is 10. The maximum absolute atomic E-state index is 13.5. The Morgan fingerprint density at radius 1 is 1.12 bits per heavy atom. The molecule has 0 saturated carbocycles. The van der Waals surface area contributed by atoms with E-state index in [0.717, 1.165) is 20.6 Å². The van der Waals surface area contributed by atoms with Crippen LogP contribution in [0.15, 0.2) is 46.9 Å². The molecule has 0 bridgehead atoms. The van der Waals surface area contributed by atoms with E-state index in [1.165, 1.54) is 11.0 Å². The molecule has 0 heterocycles. The molecule has 1 atom stereocenters. The zero-order chi connectivity index (χ0) is 25.6. The van der Waals surface area contributed by atoms with Crippen LogP contribution in [0.25, 0.3) is 0 Å². The number of sulfonamides is 1. The van der Waals surface area contributed by atoms with Crippen molar-refractivity contribution in [3.63, 3.8) is 0 Å². The van der Waals surface area contributed by atoms with Crippen molar-refractivity contribution in [2.24, 2.45) is 5.92 Å². The molecule has 0 aliphatic heterocycles. The Morgan fingerprint density at radius 2 is 1.79 bits per heavy atom. The molecule has 2 rings (SSSR count). The second-order valence-corrected chi connectivity index (χ2v) is 11.9. The first-order valence-electron chi connectivity index (χ1n) is 10.8. The summed E-state index contributed by atoms with van der Waals surface area (Å²) in [7, 11) is -3.81. The van der Waals surface area contributed by atoms with Gasteiger partial charge in [-0.25, -0.2) is 8.42 Å². The normalized spacial score (nSPS) is 12.4. The third kappa shape index (κ3) is 7.99. The molecule has 0 fully saturated rings. The predicted molar refractivity (Wildman–Crippen MR) is 140 cm³/mol. The minimum absolute atomic E-state index is 0.140. The molecule has 1 unspecified atom stereocenters. The number of nitrogens with one attached hydrogen (secondary N) is 1. The van der Waals surface area contributed by atoms with Crippen LogP contribution in [0.3, 0.4) is 0 Å². The van der Waals surface area contributed by atoms with Gasteiger partial charge in [0.2, 0.25) is 21.8 Å². The third-order valence-corrected chi connectivity index (χ3v) is 7.07. The Balaban J connectivity index is 2.41. The number of nitrogens with zero attached hydrogens (tertiary/aromatic N) is 2. The van der Waals surface area contributed by atoms with Crippen LogP contribution in [0.4, 0.5) is 5.69 Å². The van der Waals surface area contributed by atoms with Gasteiger partial charge in [-0.05, 0) is 55.2 Å². The maximum atomic E-state index is 13.5. The number of aryl methyl sites for hydroxylation is 1. The van der Waals surface area contributed by atoms with E-state index in [2.05, 4.69) is 21.2 Å². The fourth-order valence-electron chi connectivity index (χ4n) is 3.31. The van der Waals surface area contributed by atoms with Crippen molar-refractivity contribution in [3.05, 3.63) is 63.1 Å². The van der Waals surface area contributed by atoms with Crippen molar-refractivity contribution in [2.45, 2.75) is 40.3 Å². The summed E-state index contributed by atoms with van der Waals surface area (Å²) < 4.78 is 27.2. The number of benzene rings is 2. The molecule has 2 aromatic rings. The fourth-order valence-corrected chi connectivity index (χ4v) is 4.82. The van der Waals surface area contributed by atoms with Crippen LogP contribution >= 0.6 is 27.5 Å². The Bertz CT molecular complexity index is 1140. The van der Waals surface area contributed by atoms with Gasteiger partial charge in [0, 0.05) is 22.6 Å². The summed E-state index contributed by atoms with van der Waals surface area (Å²) in [6.07, 6.45) is 1.04. The molecule has 10 heteroatoms. The lowest BCUT2D eigenvalue weighted by Gasteiger charge is -2.32. The van der Waals surface area contributed by atoms with Gasteiger partial charge in [0.1, 0.15) is 12.6 Å². The van der Waals surface area contributed by atoms with E-state index in [9.17, 15) is 18.0 Å². The summed E-state index contributed by atoms with van der Waals surface area (Å²) in [5, 5.41) is 3.21. The van der Waals surface area contributed by atoms with E-state index >= 15 is 0 Å². The van der Waals surface area contributed by atoms with Gasteiger partial charge in [0.25, 0.3) is 0 Å². The second-order valence-electron chi connectivity index (χ2n) is 8.67.